The third kappa shape index (κ3) is 3.77. The molecule has 3 aromatic rings. The van der Waals surface area contributed by atoms with Gasteiger partial charge in [0, 0.05) is 10.7 Å². The van der Waals surface area contributed by atoms with Crippen molar-refractivity contribution in [2.45, 2.75) is 27.3 Å². The molecule has 0 spiro atoms. The minimum absolute atomic E-state index is 0.00960. The second-order valence-electron chi connectivity index (χ2n) is 6.12. The molecule has 28 heavy (non-hydrogen) atoms. The molecule has 0 atom stereocenters. The van der Waals surface area contributed by atoms with Gasteiger partial charge in [0.1, 0.15) is 29.6 Å². The topological polar surface area (TPSA) is 103 Å². The van der Waals surface area contributed by atoms with E-state index in [2.05, 4.69) is 10.3 Å². The number of rotatable bonds is 5. The molecular weight excluding hydrogens is 386 g/mol. The van der Waals surface area contributed by atoms with Crippen molar-refractivity contribution in [3.05, 3.63) is 56.8 Å². The van der Waals surface area contributed by atoms with E-state index in [1.165, 1.54) is 6.33 Å². The van der Waals surface area contributed by atoms with Gasteiger partial charge in [-0.05, 0) is 38.5 Å². The first-order valence-electron chi connectivity index (χ1n) is 8.53. The molecule has 3 rings (SSSR count). The third-order valence-electron chi connectivity index (χ3n) is 4.10. The number of amides is 1. The number of nitrogens with zero attached hydrogens (tertiary/aromatic N) is 2. The molecule has 0 bridgehead atoms. The maximum Gasteiger partial charge on any atom is 0.342 e. The maximum atomic E-state index is 12.8. The Labute approximate surface area is 165 Å². The molecule has 0 unspecified atom stereocenters. The van der Waals surface area contributed by atoms with Crippen molar-refractivity contribution in [1.29, 1.82) is 0 Å². The highest BCUT2D eigenvalue weighted by atomic mass is 35.5. The Bertz CT molecular complexity index is 1130. The summed E-state index contributed by atoms with van der Waals surface area (Å²) in [5.41, 5.74) is 0.866. The van der Waals surface area contributed by atoms with Gasteiger partial charge in [-0.1, -0.05) is 17.7 Å². The van der Waals surface area contributed by atoms with Crippen molar-refractivity contribution in [2.75, 3.05) is 11.9 Å². The Balaban J connectivity index is 1.91. The predicted molar refractivity (Wildman–Crippen MR) is 104 cm³/mol. The van der Waals surface area contributed by atoms with Crippen molar-refractivity contribution in [3.63, 3.8) is 0 Å². The minimum Gasteiger partial charge on any atom is -0.462 e. The van der Waals surface area contributed by atoms with Crippen LogP contribution in [0.5, 0.6) is 0 Å². The number of hydrogen-bond acceptors (Lipinski definition) is 6. The maximum absolute atomic E-state index is 12.8. The van der Waals surface area contributed by atoms with Crippen molar-refractivity contribution in [2.24, 2.45) is 0 Å². The van der Waals surface area contributed by atoms with E-state index in [0.717, 1.165) is 10.1 Å². The highest BCUT2D eigenvalue weighted by molar-refractivity contribution is 6.31. The molecule has 1 amide bonds. The summed E-state index contributed by atoms with van der Waals surface area (Å²) in [5.74, 6) is -0.884. The van der Waals surface area contributed by atoms with Crippen LogP contribution in [0.3, 0.4) is 0 Å². The van der Waals surface area contributed by atoms with Crippen LogP contribution in [-0.2, 0) is 16.1 Å². The first-order chi connectivity index (χ1) is 13.3. The number of esters is 1. The average Bonchev–Trinajstić information content (AvgIpc) is 2.98. The van der Waals surface area contributed by atoms with Crippen molar-refractivity contribution < 1.29 is 18.7 Å². The van der Waals surface area contributed by atoms with Crippen LogP contribution in [-0.4, -0.2) is 28.0 Å². The standard InChI is InChI=1S/C19H18ClN3O5/c1-4-27-19(26)15-11(3)28-17-16(15)18(25)23(9-21-17)8-14(24)22-12-6-5-10(2)13(20)7-12/h5-7,9H,4,8H2,1-3H3,(H,22,24). The molecular formula is C19H18ClN3O5. The van der Waals surface area contributed by atoms with Gasteiger partial charge in [-0.3, -0.25) is 14.2 Å². The van der Waals surface area contributed by atoms with Crippen LogP contribution in [0.25, 0.3) is 11.1 Å². The Morgan fingerprint density at radius 1 is 1.32 bits per heavy atom. The zero-order valence-electron chi connectivity index (χ0n) is 15.5. The zero-order chi connectivity index (χ0) is 20.4. The molecule has 146 valence electrons. The van der Waals surface area contributed by atoms with Crippen LogP contribution in [0.2, 0.25) is 5.02 Å². The Morgan fingerprint density at radius 2 is 2.07 bits per heavy atom. The van der Waals surface area contributed by atoms with Crippen LogP contribution in [0, 0.1) is 13.8 Å². The van der Waals surface area contributed by atoms with Gasteiger partial charge in [-0.15, -0.1) is 0 Å². The first-order valence-corrected chi connectivity index (χ1v) is 8.91. The van der Waals surface area contributed by atoms with Gasteiger partial charge in [0.15, 0.2) is 0 Å². The fraction of sp³-hybridized carbons (Fsp3) is 0.263. The third-order valence-corrected chi connectivity index (χ3v) is 4.51. The van der Waals surface area contributed by atoms with E-state index in [1.54, 1.807) is 32.0 Å². The number of furan rings is 1. The molecule has 0 aliphatic carbocycles. The Kier molecular flexibility index (Phi) is 5.51. The number of ether oxygens (including phenoxy) is 1. The summed E-state index contributed by atoms with van der Waals surface area (Å²) in [5, 5.41) is 3.18. The fourth-order valence-corrected chi connectivity index (χ4v) is 2.91. The molecule has 2 aromatic heterocycles. The number of aryl methyl sites for hydroxylation is 2. The van der Waals surface area contributed by atoms with E-state index in [1.807, 2.05) is 6.92 Å². The molecule has 1 aromatic carbocycles. The summed E-state index contributed by atoms with van der Waals surface area (Å²) < 4.78 is 11.5. The molecule has 1 N–H and O–H groups in total. The van der Waals surface area contributed by atoms with Crippen LogP contribution < -0.4 is 10.9 Å². The number of anilines is 1. The molecule has 0 aliphatic rings. The quantitative estimate of drug-likeness (QED) is 0.656. The van der Waals surface area contributed by atoms with Gasteiger partial charge in [-0.2, -0.15) is 0 Å². The number of benzene rings is 1. The Morgan fingerprint density at radius 3 is 2.75 bits per heavy atom. The molecule has 2 heterocycles. The van der Waals surface area contributed by atoms with E-state index < -0.39 is 17.4 Å². The number of aromatic nitrogens is 2. The van der Waals surface area contributed by atoms with Crippen LogP contribution in [0.1, 0.15) is 28.6 Å². The number of carbonyl (C=O) groups is 2. The number of halogens is 1. The van der Waals surface area contributed by atoms with Gasteiger partial charge in [0.05, 0.1) is 6.61 Å². The number of fused-ring (bicyclic) bond motifs is 1. The van der Waals surface area contributed by atoms with Crippen molar-refractivity contribution in [3.8, 4) is 0 Å². The van der Waals surface area contributed by atoms with Crippen LogP contribution in [0.15, 0.2) is 33.7 Å². The average molecular weight is 404 g/mol. The van der Waals surface area contributed by atoms with Gasteiger partial charge in [0.25, 0.3) is 5.56 Å². The number of hydrogen-bond donors (Lipinski definition) is 1. The molecule has 0 aliphatic heterocycles. The summed E-state index contributed by atoms with van der Waals surface area (Å²) in [6, 6.07) is 5.11. The highest BCUT2D eigenvalue weighted by Gasteiger charge is 2.24. The second-order valence-corrected chi connectivity index (χ2v) is 6.53. The lowest BCUT2D eigenvalue weighted by molar-refractivity contribution is -0.116. The lowest BCUT2D eigenvalue weighted by Gasteiger charge is -2.08. The SMILES string of the molecule is CCOC(=O)c1c(C)oc2ncn(CC(=O)Nc3ccc(C)c(Cl)c3)c(=O)c12. The minimum atomic E-state index is -0.672. The lowest BCUT2D eigenvalue weighted by Crippen LogP contribution is -2.28. The summed E-state index contributed by atoms with van der Waals surface area (Å²) in [6.07, 6.45) is 1.20. The highest BCUT2D eigenvalue weighted by Crippen LogP contribution is 2.22. The van der Waals surface area contributed by atoms with Crippen molar-refractivity contribution in [1.82, 2.24) is 9.55 Å². The van der Waals surface area contributed by atoms with E-state index in [0.29, 0.717) is 10.7 Å². The monoisotopic (exact) mass is 403 g/mol. The zero-order valence-corrected chi connectivity index (χ0v) is 16.3. The summed E-state index contributed by atoms with van der Waals surface area (Å²) in [4.78, 5) is 41.4. The molecule has 8 nitrogen and oxygen atoms in total. The van der Waals surface area contributed by atoms with Gasteiger partial charge in [-0.25, -0.2) is 9.78 Å². The molecule has 0 saturated heterocycles. The normalized spacial score (nSPS) is 10.9. The van der Waals surface area contributed by atoms with Crippen LogP contribution in [0.4, 0.5) is 5.69 Å². The lowest BCUT2D eigenvalue weighted by atomic mass is 10.2. The van der Waals surface area contributed by atoms with Gasteiger partial charge >= 0.3 is 5.97 Å². The first kappa shape index (κ1) is 19.6. The van der Waals surface area contributed by atoms with E-state index >= 15 is 0 Å². The summed E-state index contributed by atoms with van der Waals surface area (Å²) in [6.45, 7) is 4.92. The largest absolute Gasteiger partial charge is 0.462 e. The predicted octanol–water partition coefficient (Wildman–Crippen LogP) is 3.08. The Hall–Kier alpha value is -3.13. The van der Waals surface area contributed by atoms with Crippen LogP contribution >= 0.6 is 11.6 Å². The smallest absolute Gasteiger partial charge is 0.342 e. The molecule has 0 saturated carbocycles. The van der Waals surface area contributed by atoms with E-state index in [4.69, 9.17) is 20.8 Å². The second kappa shape index (κ2) is 7.85. The van der Waals surface area contributed by atoms with Gasteiger partial charge in [0.2, 0.25) is 11.6 Å². The molecule has 0 radical (unpaired) electrons. The van der Waals surface area contributed by atoms with Crippen molar-refractivity contribution >= 4 is 40.3 Å². The van der Waals surface area contributed by atoms with E-state index in [-0.39, 0.29) is 35.6 Å². The number of nitrogens with one attached hydrogen (secondary N) is 1. The molecule has 9 heteroatoms. The summed E-state index contributed by atoms with van der Waals surface area (Å²) in [7, 11) is 0. The molecule has 0 fully saturated rings. The number of carbonyl (C=O) groups excluding carboxylic acids is 2. The fourth-order valence-electron chi connectivity index (χ4n) is 2.73. The van der Waals surface area contributed by atoms with Gasteiger partial charge < -0.3 is 14.5 Å². The summed E-state index contributed by atoms with van der Waals surface area (Å²) >= 11 is 6.05. The van der Waals surface area contributed by atoms with E-state index in [9.17, 15) is 14.4 Å².